The molecular weight excluding hydrogens is 1060 g/mol. The van der Waals surface area contributed by atoms with Crippen LogP contribution >= 0.6 is 0 Å². The molecule has 0 rings (SSSR count). The zero-order chi connectivity index (χ0) is 62.8. The highest BCUT2D eigenvalue weighted by Gasteiger charge is 1.65. The fourth-order valence-electron chi connectivity index (χ4n) is 2.65. The van der Waals surface area contributed by atoms with Crippen molar-refractivity contribution in [3.8, 4) is 509 Å². The monoisotopic (exact) mass is 1060 g/mol. The summed E-state index contributed by atoms with van der Waals surface area (Å²) < 4.78 is 0. The maximum atomic E-state index is 3.32. The molecule has 0 heteroatoms. The van der Waals surface area contributed by atoms with Gasteiger partial charge in [0.25, 0.3) is 0 Å². The molecule has 0 aliphatic heterocycles. The van der Waals surface area contributed by atoms with Gasteiger partial charge in [0, 0.05) is 379 Å². The van der Waals surface area contributed by atoms with E-state index in [2.05, 4.69) is 523 Å². The molecule has 0 N–H and O–H groups in total. The Kier molecular flexibility index (Phi) is 53.0. The van der Waals surface area contributed by atoms with E-state index in [4.69, 9.17) is 0 Å². The van der Waals surface area contributed by atoms with Gasteiger partial charge in [0.15, 0.2) is 0 Å². The smallest absolute Gasteiger partial charge is 0 e. The Morgan fingerprint density at radius 1 is 0.0568 bits per heavy atom. The van der Waals surface area contributed by atoms with Crippen molar-refractivity contribution in [3.05, 3.63) is 13.8 Å². The Morgan fingerprint density at radius 3 is 0.125 bits per heavy atom. The molecular formula is C88H4-2. The molecule has 0 aromatic rings. The van der Waals surface area contributed by atoms with Crippen LogP contribution in [0, 0.1) is 523 Å². The second-order valence-electron chi connectivity index (χ2n) is 10.9. The Bertz CT molecular complexity index is 5660. The number of hydrogen-bond acceptors (Lipinski definition) is 0. The fourth-order valence-corrected chi connectivity index (χ4v) is 2.65. The van der Waals surface area contributed by atoms with Gasteiger partial charge in [-0.2, -0.15) is 13.8 Å². The molecule has 0 fully saturated rings. The zero-order valence-electron chi connectivity index (χ0n) is 44.4. The molecule has 0 radical (unpaired) electrons. The zero-order valence-corrected chi connectivity index (χ0v) is 44.4. The largest absolute Gasteiger partial charge is 0.284 e. The molecule has 358 valence electrons. The molecule has 0 amide bonds. The second-order valence-corrected chi connectivity index (χ2v) is 10.9. The van der Waals surface area contributed by atoms with Gasteiger partial charge in [-0.05, 0) is 94.7 Å². The first-order valence-electron chi connectivity index (χ1n) is 22.0. The van der Waals surface area contributed by atoms with Crippen molar-refractivity contribution in [2.24, 2.45) is 0 Å². The van der Waals surface area contributed by atoms with Crippen molar-refractivity contribution in [2.45, 2.75) is 0 Å². The van der Waals surface area contributed by atoms with Gasteiger partial charge >= 0.3 is 0 Å². The molecule has 0 saturated heterocycles. The summed E-state index contributed by atoms with van der Waals surface area (Å²) in [4.78, 5) is 0. The van der Waals surface area contributed by atoms with Crippen LogP contribution < -0.4 is 0 Å². The summed E-state index contributed by atoms with van der Waals surface area (Å²) in [5, 5.41) is 0. The summed E-state index contributed by atoms with van der Waals surface area (Å²) in [5.74, 6) is 214. The van der Waals surface area contributed by atoms with Crippen LogP contribution in [0.15, 0.2) is 0 Å². The third kappa shape index (κ3) is 66.8. The van der Waals surface area contributed by atoms with Gasteiger partial charge in [0.2, 0.25) is 0 Å². The standard InChI is InChI=1S/C88H4/c1-3-5-7-9-11-13-15-17-19-21-23-25-27-29-31-33-35-37-39-41-43-45-47-49-51-53-55-57-59-61-63-65-67-69-71-73-75-77-79-81-83-85-87-88-86-84-82-80-78-76-74-72-70-68-66-64-62-60-58-56-54-52-50-48-46-44-42-40-38-36-34-32-30-28-26-24-22-20-18-16-14-12-10-8-6-4-2/h1-2H2/q-2. The lowest BCUT2D eigenvalue weighted by Gasteiger charge is -1.64. The van der Waals surface area contributed by atoms with Crippen molar-refractivity contribution in [1.82, 2.24) is 0 Å². The molecule has 0 unspecified atom stereocenters. The molecule has 0 aliphatic carbocycles. The van der Waals surface area contributed by atoms with E-state index in [1.165, 1.54) is 0 Å². The molecule has 0 saturated carbocycles. The van der Waals surface area contributed by atoms with Gasteiger partial charge in [-0.25, -0.2) is 11.8 Å². The Balaban J connectivity index is 4.62. The molecule has 0 nitrogen and oxygen atoms in total. The van der Waals surface area contributed by atoms with Crippen LogP contribution in [0.5, 0.6) is 0 Å². The normalized spacial score (nSPS) is 3.95. The number of rotatable bonds is 0. The molecule has 0 bridgehead atoms. The van der Waals surface area contributed by atoms with Crippen LogP contribution in [0.3, 0.4) is 0 Å². The Hall–Kier alpha value is -19.2. The molecule has 0 aromatic heterocycles. The predicted octanol–water partition coefficient (Wildman–Crippen LogP) is 0.801. The highest BCUT2D eigenvalue weighted by molar-refractivity contribution is 5.54. The average Bonchev–Trinajstić information content (AvgIpc) is 3.54. The van der Waals surface area contributed by atoms with Gasteiger partial charge in [0.05, 0.1) is 0 Å². The van der Waals surface area contributed by atoms with Crippen molar-refractivity contribution in [2.75, 3.05) is 0 Å². The van der Waals surface area contributed by atoms with E-state index in [1.54, 1.807) is 0 Å². The van der Waals surface area contributed by atoms with Crippen molar-refractivity contribution >= 4 is 0 Å². The van der Waals surface area contributed by atoms with E-state index >= 15 is 0 Å². The predicted molar refractivity (Wildman–Crippen MR) is 345 cm³/mol. The van der Waals surface area contributed by atoms with E-state index in [0.717, 1.165) is 0 Å². The second kappa shape index (κ2) is 67.8. The minimum Gasteiger partial charge on any atom is -0.284 e. The highest BCUT2D eigenvalue weighted by atomic mass is 13.7. The number of hydrogen-bond donors (Lipinski definition) is 0. The summed E-state index contributed by atoms with van der Waals surface area (Å²) in [6.45, 7) is 6.63. The topological polar surface area (TPSA) is 0 Å². The first kappa shape index (κ1) is 68.8. The summed E-state index contributed by atoms with van der Waals surface area (Å²) in [6.07, 6.45) is 0. The third-order valence-electron chi connectivity index (χ3n) is 5.36. The summed E-state index contributed by atoms with van der Waals surface area (Å²) in [7, 11) is 0. The quantitative estimate of drug-likeness (QED) is 0.250. The Labute approximate surface area is 519 Å². The van der Waals surface area contributed by atoms with Crippen LogP contribution in [0.2, 0.25) is 0 Å². The lowest BCUT2D eigenvalue weighted by atomic mass is 10.4. The first-order chi connectivity index (χ1) is 43.9. The summed E-state index contributed by atoms with van der Waals surface area (Å²) >= 11 is 0. The van der Waals surface area contributed by atoms with Crippen LogP contribution in [-0.4, -0.2) is 0 Å². The van der Waals surface area contributed by atoms with Crippen molar-refractivity contribution in [3.63, 3.8) is 0 Å². The van der Waals surface area contributed by atoms with Gasteiger partial charge in [-0.3, -0.25) is 11.8 Å². The van der Waals surface area contributed by atoms with E-state index in [0.29, 0.717) is 0 Å². The van der Waals surface area contributed by atoms with E-state index in [-0.39, 0.29) is 0 Å². The van der Waals surface area contributed by atoms with E-state index in [9.17, 15) is 0 Å². The molecule has 0 aliphatic rings. The van der Waals surface area contributed by atoms with Gasteiger partial charge < -0.3 is 0 Å². The van der Waals surface area contributed by atoms with E-state index in [1.807, 2.05) is 0 Å². The van der Waals surface area contributed by atoms with Gasteiger partial charge in [-0.1, -0.05) is 0 Å². The third-order valence-corrected chi connectivity index (χ3v) is 5.36. The lowest BCUT2D eigenvalue weighted by molar-refractivity contribution is 2.31. The van der Waals surface area contributed by atoms with Gasteiger partial charge in [-0.15, -0.1) is 11.8 Å². The fraction of sp³-hybridized carbons (Fsp3) is 0. The van der Waals surface area contributed by atoms with Crippen LogP contribution in [0.4, 0.5) is 0 Å². The maximum absolute atomic E-state index is 3.32. The average molecular weight is 1060 g/mol. The highest BCUT2D eigenvalue weighted by Crippen LogP contribution is 1.66. The van der Waals surface area contributed by atoms with Crippen LogP contribution in [0.1, 0.15) is 0 Å². The molecule has 0 aromatic carbocycles. The summed E-state index contributed by atoms with van der Waals surface area (Å²) in [5.41, 5.74) is 0. The molecule has 88 heavy (non-hydrogen) atoms. The maximum Gasteiger partial charge on any atom is 0 e. The van der Waals surface area contributed by atoms with Crippen molar-refractivity contribution < 1.29 is 0 Å². The minimum absolute atomic E-state index is 2.37. The summed E-state index contributed by atoms with van der Waals surface area (Å²) in [6, 6.07) is 0. The van der Waals surface area contributed by atoms with Crippen LogP contribution in [0.25, 0.3) is 0 Å². The SMILES string of the molecule is [CH2-]C#CC#CC#CC#CC#CC#CC#CC#CC#CC#CC#CC#CC#CC#CC#CC#CC#CC#CC#CC#CC#CC#CC#CC#CC#CC#CC#CC#CC#CC#CC#CC#CC#CC#CC#CC#CC#CC#CC#CC#CC#CC#CC#C[CH2-]. The van der Waals surface area contributed by atoms with E-state index < -0.39 is 0 Å². The molecule has 0 spiro atoms. The molecule has 0 atom stereocenters. The molecule has 0 heterocycles. The first-order valence-corrected chi connectivity index (χ1v) is 22.0. The lowest BCUT2D eigenvalue weighted by Crippen LogP contribution is -1.57. The van der Waals surface area contributed by atoms with Gasteiger partial charge in [0.1, 0.15) is 0 Å². The van der Waals surface area contributed by atoms with Crippen LogP contribution in [-0.2, 0) is 0 Å². The Morgan fingerprint density at radius 2 is 0.0909 bits per heavy atom. The minimum atomic E-state index is 2.37. The van der Waals surface area contributed by atoms with Crippen molar-refractivity contribution in [1.29, 1.82) is 0 Å².